The van der Waals surface area contributed by atoms with Gasteiger partial charge in [-0.25, -0.2) is 9.18 Å². The summed E-state index contributed by atoms with van der Waals surface area (Å²) >= 11 is 1.25. The lowest BCUT2D eigenvalue weighted by atomic mass is 10.2. The predicted octanol–water partition coefficient (Wildman–Crippen LogP) is 4.51. The van der Waals surface area contributed by atoms with Crippen molar-refractivity contribution in [2.24, 2.45) is 0 Å². The normalized spacial score (nSPS) is 10.7. The maximum Gasteiger partial charge on any atom is 0.335 e. The molecule has 0 saturated heterocycles. The van der Waals surface area contributed by atoms with E-state index in [-0.39, 0.29) is 23.0 Å². The van der Waals surface area contributed by atoms with Gasteiger partial charge in [0.15, 0.2) is 11.0 Å². The maximum atomic E-state index is 13.2. The highest BCUT2D eigenvalue weighted by molar-refractivity contribution is 7.99. The number of carboxylic acid groups (broad SMARTS) is 1. The van der Waals surface area contributed by atoms with Crippen molar-refractivity contribution in [3.8, 4) is 0 Å². The SMILES string of the molecule is O=C(CSc1nnc(CNc2ccc(F)cc2)n1Cc1ccccc1)Nc1ccc(C(=O)O)cc1. The Morgan fingerprint density at radius 3 is 2.29 bits per heavy atom. The van der Waals surface area contributed by atoms with Crippen molar-refractivity contribution >= 4 is 35.0 Å². The summed E-state index contributed by atoms with van der Waals surface area (Å²) in [6, 6.07) is 21.9. The molecule has 0 aliphatic rings. The molecule has 10 heteroatoms. The molecular weight excluding hydrogens is 469 g/mol. The van der Waals surface area contributed by atoms with E-state index < -0.39 is 5.97 Å². The summed E-state index contributed by atoms with van der Waals surface area (Å²) in [4.78, 5) is 23.4. The molecule has 4 rings (SSSR count). The maximum absolute atomic E-state index is 13.2. The van der Waals surface area contributed by atoms with E-state index >= 15 is 0 Å². The molecular formula is C25H22FN5O3S. The third-order valence-corrected chi connectivity index (χ3v) is 5.99. The summed E-state index contributed by atoms with van der Waals surface area (Å²) in [5.41, 5.74) is 2.46. The van der Waals surface area contributed by atoms with Crippen LogP contribution in [0.4, 0.5) is 15.8 Å². The van der Waals surface area contributed by atoms with Gasteiger partial charge in [0, 0.05) is 11.4 Å². The van der Waals surface area contributed by atoms with Crippen molar-refractivity contribution in [2.45, 2.75) is 18.2 Å². The van der Waals surface area contributed by atoms with E-state index in [2.05, 4.69) is 20.8 Å². The zero-order chi connectivity index (χ0) is 24.6. The lowest BCUT2D eigenvalue weighted by Gasteiger charge is -2.12. The summed E-state index contributed by atoms with van der Waals surface area (Å²) < 4.78 is 15.1. The fraction of sp³-hybridized carbons (Fsp3) is 0.120. The predicted molar refractivity (Wildman–Crippen MR) is 132 cm³/mol. The molecule has 1 amide bonds. The van der Waals surface area contributed by atoms with Gasteiger partial charge in [-0.1, -0.05) is 42.1 Å². The summed E-state index contributed by atoms with van der Waals surface area (Å²) in [5.74, 6) is -0.818. The summed E-state index contributed by atoms with van der Waals surface area (Å²) in [6.45, 7) is 0.892. The van der Waals surface area contributed by atoms with Crippen molar-refractivity contribution in [1.29, 1.82) is 0 Å². The summed E-state index contributed by atoms with van der Waals surface area (Å²) in [5, 5.41) is 24.1. The average molecular weight is 492 g/mol. The van der Waals surface area contributed by atoms with Crippen LogP contribution < -0.4 is 10.6 Å². The van der Waals surface area contributed by atoms with E-state index in [1.165, 1.54) is 36.0 Å². The molecule has 178 valence electrons. The highest BCUT2D eigenvalue weighted by Crippen LogP contribution is 2.21. The molecule has 4 aromatic rings. The highest BCUT2D eigenvalue weighted by Gasteiger charge is 2.15. The Hall–Kier alpha value is -4.18. The average Bonchev–Trinajstić information content (AvgIpc) is 3.24. The number of carbonyl (C=O) groups is 2. The van der Waals surface area contributed by atoms with Crippen LogP contribution in [0.25, 0.3) is 0 Å². The Morgan fingerprint density at radius 2 is 1.60 bits per heavy atom. The molecule has 0 aliphatic carbocycles. The van der Waals surface area contributed by atoms with Gasteiger partial charge in [-0.15, -0.1) is 10.2 Å². The Labute approximate surface area is 205 Å². The van der Waals surface area contributed by atoms with Gasteiger partial charge < -0.3 is 20.3 Å². The lowest BCUT2D eigenvalue weighted by Crippen LogP contribution is -2.15. The molecule has 0 radical (unpaired) electrons. The van der Waals surface area contributed by atoms with Gasteiger partial charge in [0.2, 0.25) is 5.91 Å². The summed E-state index contributed by atoms with van der Waals surface area (Å²) in [6.07, 6.45) is 0. The summed E-state index contributed by atoms with van der Waals surface area (Å²) in [7, 11) is 0. The number of halogens is 1. The topological polar surface area (TPSA) is 109 Å². The molecule has 0 fully saturated rings. The quantitative estimate of drug-likeness (QED) is 0.280. The van der Waals surface area contributed by atoms with Gasteiger partial charge in [0.25, 0.3) is 0 Å². The second-order valence-electron chi connectivity index (χ2n) is 7.55. The van der Waals surface area contributed by atoms with E-state index in [0.29, 0.717) is 29.8 Å². The van der Waals surface area contributed by atoms with E-state index in [4.69, 9.17) is 5.11 Å². The first-order chi connectivity index (χ1) is 17.0. The van der Waals surface area contributed by atoms with Crippen LogP contribution in [0.3, 0.4) is 0 Å². The molecule has 0 unspecified atom stereocenters. The number of aromatic nitrogens is 3. The lowest BCUT2D eigenvalue weighted by molar-refractivity contribution is -0.113. The second kappa shape index (κ2) is 11.3. The first-order valence-corrected chi connectivity index (χ1v) is 11.7. The van der Waals surface area contributed by atoms with Crippen LogP contribution >= 0.6 is 11.8 Å². The molecule has 0 spiro atoms. The van der Waals surface area contributed by atoms with Crippen molar-refractivity contribution in [1.82, 2.24) is 14.8 Å². The van der Waals surface area contributed by atoms with Crippen molar-refractivity contribution in [2.75, 3.05) is 16.4 Å². The van der Waals surface area contributed by atoms with Crippen LogP contribution in [-0.2, 0) is 17.9 Å². The van der Waals surface area contributed by atoms with Gasteiger partial charge in [0.05, 0.1) is 24.4 Å². The molecule has 0 bridgehead atoms. The number of hydrogen-bond acceptors (Lipinski definition) is 6. The monoisotopic (exact) mass is 491 g/mol. The molecule has 0 atom stereocenters. The number of benzene rings is 3. The zero-order valence-electron chi connectivity index (χ0n) is 18.5. The van der Waals surface area contributed by atoms with Gasteiger partial charge in [-0.05, 0) is 54.1 Å². The molecule has 35 heavy (non-hydrogen) atoms. The van der Waals surface area contributed by atoms with Crippen LogP contribution in [0.15, 0.2) is 84.0 Å². The van der Waals surface area contributed by atoms with Crippen molar-refractivity contribution < 1.29 is 19.1 Å². The van der Waals surface area contributed by atoms with Gasteiger partial charge in [-0.3, -0.25) is 4.79 Å². The number of nitrogens with one attached hydrogen (secondary N) is 2. The smallest absolute Gasteiger partial charge is 0.335 e. The van der Waals surface area contributed by atoms with Crippen LogP contribution in [0.1, 0.15) is 21.7 Å². The fourth-order valence-electron chi connectivity index (χ4n) is 3.25. The molecule has 8 nitrogen and oxygen atoms in total. The third kappa shape index (κ3) is 6.67. The minimum Gasteiger partial charge on any atom is -0.478 e. The number of amides is 1. The largest absolute Gasteiger partial charge is 0.478 e. The number of carbonyl (C=O) groups excluding carboxylic acids is 1. The van der Waals surface area contributed by atoms with E-state index in [9.17, 15) is 14.0 Å². The van der Waals surface area contributed by atoms with Crippen LogP contribution in [0, 0.1) is 5.82 Å². The van der Waals surface area contributed by atoms with Gasteiger partial charge in [-0.2, -0.15) is 0 Å². The Kier molecular flexibility index (Phi) is 7.74. The van der Waals surface area contributed by atoms with Crippen LogP contribution in [0.5, 0.6) is 0 Å². The number of anilines is 2. The third-order valence-electron chi connectivity index (χ3n) is 5.02. The van der Waals surface area contributed by atoms with E-state index in [1.54, 1.807) is 24.3 Å². The molecule has 0 aliphatic heterocycles. The van der Waals surface area contributed by atoms with Gasteiger partial charge >= 0.3 is 5.97 Å². The fourth-order valence-corrected chi connectivity index (χ4v) is 4.01. The number of rotatable bonds is 10. The first-order valence-electron chi connectivity index (χ1n) is 10.7. The highest BCUT2D eigenvalue weighted by atomic mass is 32.2. The molecule has 1 aromatic heterocycles. The Morgan fingerprint density at radius 1 is 0.914 bits per heavy atom. The number of thioether (sulfide) groups is 1. The number of nitrogens with zero attached hydrogens (tertiary/aromatic N) is 3. The Bertz CT molecular complexity index is 1300. The van der Waals surface area contributed by atoms with Crippen LogP contribution in [-0.4, -0.2) is 37.5 Å². The van der Waals surface area contributed by atoms with Crippen molar-refractivity contribution in [3.63, 3.8) is 0 Å². The zero-order valence-corrected chi connectivity index (χ0v) is 19.3. The van der Waals surface area contributed by atoms with Crippen LogP contribution in [0.2, 0.25) is 0 Å². The van der Waals surface area contributed by atoms with E-state index in [0.717, 1.165) is 11.3 Å². The Balaban J connectivity index is 1.44. The molecule has 3 aromatic carbocycles. The van der Waals surface area contributed by atoms with Crippen molar-refractivity contribution in [3.05, 3.63) is 102 Å². The number of carboxylic acids is 1. The van der Waals surface area contributed by atoms with E-state index in [1.807, 2.05) is 34.9 Å². The minimum atomic E-state index is -1.03. The molecule has 0 saturated carbocycles. The molecule has 3 N–H and O–H groups in total. The standard InChI is InChI=1S/C25H22FN5O3S/c26-19-8-12-20(13-9-19)27-14-22-29-30-25(31(22)15-17-4-2-1-3-5-17)35-16-23(32)28-21-10-6-18(7-11-21)24(33)34/h1-13,27H,14-16H2,(H,28,32)(H,33,34). The molecule has 1 heterocycles. The number of hydrogen-bond donors (Lipinski definition) is 3. The van der Waals surface area contributed by atoms with Gasteiger partial charge in [0.1, 0.15) is 5.82 Å². The first kappa shape index (κ1) is 24.0. The minimum absolute atomic E-state index is 0.0962. The second-order valence-corrected chi connectivity index (χ2v) is 8.49. The number of aromatic carboxylic acids is 1.